The number of imidazole rings is 1. The Kier molecular flexibility index (Phi) is 5.84. The van der Waals surface area contributed by atoms with Crippen LogP contribution in [0.4, 0.5) is 10.5 Å². The number of nitrogens with zero attached hydrogens (tertiary/aromatic N) is 2. The molecule has 0 aliphatic rings. The number of methoxy groups -OCH3 is 2. The van der Waals surface area contributed by atoms with E-state index in [9.17, 15) is 4.79 Å². The molecule has 1 aromatic heterocycles. The fraction of sp³-hybridized carbons (Fsp3) is 0.238. The van der Waals surface area contributed by atoms with Crippen LogP contribution in [0.15, 0.2) is 54.9 Å². The zero-order chi connectivity index (χ0) is 20.1. The third kappa shape index (κ3) is 4.43. The molecule has 0 aliphatic heterocycles. The van der Waals surface area contributed by atoms with Crippen molar-refractivity contribution in [3.63, 3.8) is 0 Å². The van der Waals surface area contributed by atoms with Crippen molar-refractivity contribution in [2.45, 2.75) is 13.0 Å². The largest absolute Gasteiger partial charge is 0.497 e. The van der Waals surface area contributed by atoms with E-state index in [-0.39, 0.29) is 6.03 Å². The summed E-state index contributed by atoms with van der Waals surface area (Å²) in [5, 5.41) is 5.86. The Morgan fingerprint density at radius 2 is 1.71 bits per heavy atom. The van der Waals surface area contributed by atoms with Gasteiger partial charge in [-0.15, -0.1) is 0 Å². The molecule has 2 N–H and O–H groups in total. The predicted octanol–water partition coefficient (Wildman–Crippen LogP) is 3.66. The average Bonchev–Trinajstić information content (AvgIpc) is 3.13. The van der Waals surface area contributed by atoms with Gasteiger partial charge in [0.15, 0.2) is 0 Å². The number of carbonyl (C=O) groups is 1. The molecule has 3 rings (SSSR count). The average molecular weight is 380 g/mol. The number of rotatable bonds is 6. The highest BCUT2D eigenvalue weighted by Crippen LogP contribution is 2.29. The van der Waals surface area contributed by atoms with E-state index >= 15 is 0 Å². The minimum atomic E-state index is -0.491. The molecule has 0 saturated carbocycles. The molecule has 0 aliphatic carbocycles. The number of aryl methyl sites for hydroxylation is 2. The Hall–Kier alpha value is -3.48. The van der Waals surface area contributed by atoms with Crippen molar-refractivity contribution in [2.75, 3.05) is 19.5 Å². The number of nitrogens with one attached hydrogen (secondary N) is 2. The van der Waals surface area contributed by atoms with Crippen LogP contribution in [0.25, 0.3) is 0 Å². The fourth-order valence-electron chi connectivity index (χ4n) is 2.88. The summed E-state index contributed by atoms with van der Waals surface area (Å²) in [6.45, 7) is 2.00. The lowest BCUT2D eigenvalue weighted by molar-refractivity contribution is 0.249. The molecule has 146 valence electrons. The van der Waals surface area contributed by atoms with Crippen LogP contribution in [0.2, 0.25) is 0 Å². The monoisotopic (exact) mass is 380 g/mol. The Balaban J connectivity index is 1.91. The van der Waals surface area contributed by atoms with Gasteiger partial charge < -0.3 is 24.7 Å². The van der Waals surface area contributed by atoms with Gasteiger partial charge in [-0.1, -0.05) is 17.7 Å². The van der Waals surface area contributed by atoms with E-state index in [1.165, 1.54) is 0 Å². The van der Waals surface area contributed by atoms with Crippen LogP contribution >= 0.6 is 0 Å². The van der Waals surface area contributed by atoms with Crippen LogP contribution in [0.3, 0.4) is 0 Å². The third-order valence-electron chi connectivity index (χ3n) is 4.41. The number of urea groups is 1. The van der Waals surface area contributed by atoms with Gasteiger partial charge in [-0.05, 0) is 36.8 Å². The minimum Gasteiger partial charge on any atom is -0.497 e. The molecule has 3 aromatic rings. The molecule has 0 fully saturated rings. The van der Waals surface area contributed by atoms with E-state index in [4.69, 9.17) is 9.47 Å². The normalized spacial score (nSPS) is 11.6. The van der Waals surface area contributed by atoms with Crippen molar-refractivity contribution in [1.29, 1.82) is 0 Å². The molecule has 28 heavy (non-hydrogen) atoms. The molecular weight excluding hydrogens is 356 g/mol. The van der Waals surface area contributed by atoms with Crippen molar-refractivity contribution in [3.05, 3.63) is 71.8 Å². The zero-order valence-corrected chi connectivity index (χ0v) is 16.4. The molecule has 7 heteroatoms. The van der Waals surface area contributed by atoms with Crippen LogP contribution in [0.5, 0.6) is 11.5 Å². The molecule has 2 amide bonds. The zero-order valence-electron chi connectivity index (χ0n) is 16.4. The maximum Gasteiger partial charge on any atom is 0.320 e. The van der Waals surface area contributed by atoms with E-state index in [0.29, 0.717) is 23.0 Å². The van der Waals surface area contributed by atoms with E-state index in [2.05, 4.69) is 15.6 Å². The number of hydrogen-bond donors (Lipinski definition) is 2. The van der Waals surface area contributed by atoms with Gasteiger partial charge in [0.25, 0.3) is 0 Å². The Labute approximate surface area is 164 Å². The fourth-order valence-corrected chi connectivity index (χ4v) is 2.88. The smallest absolute Gasteiger partial charge is 0.320 e. The number of anilines is 1. The Morgan fingerprint density at radius 3 is 2.25 bits per heavy atom. The Morgan fingerprint density at radius 1 is 1.07 bits per heavy atom. The van der Waals surface area contributed by atoms with E-state index in [1.54, 1.807) is 26.5 Å². The first kappa shape index (κ1) is 19.3. The molecule has 1 atom stereocenters. The van der Waals surface area contributed by atoms with Gasteiger partial charge in [0.1, 0.15) is 23.4 Å². The van der Waals surface area contributed by atoms with Crippen LogP contribution in [-0.4, -0.2) is 29.8 Å². The molecular formula is C21H24N4O3. The maximum absolute atomic E-state index is 12.7. The first-order valence-electron chi connectivity index (χ1n) is 8.84. The molecule has 0 unspecified atom stereocenters. The molecule has 0 spiro atoms. The summed E-state index contributed by atoms with van der Waals surface area (Å²) in [7, 11) is 5.06. The highest BCUT2D eigenvalue weighted by atomic mass is 16.5. The lowest BCUT2D eigenvalue weighted by atomic mass is 10.1. The molecule has 0 radical (unpaired) electrons. The minimum absolute atomic E-state index is 0.335. The number of ether oxygens (including phenoxy) is 2. The lowest BCUT2D eigenvalue weighted by Gasteiger charge is -2.21. The number of benzene rings is 2. The number of hydrogen-bond acceptors (Lipinski definition) is 4. The first-order valence-corrected chi connectivity index (χ1v) is 8.84. The van der Waals surface area contributed by atoms with E-state index in [1.807, 2.05) is 61.1 Å². The molecule has 1 heterocycles. The van der Waals surface area contributed by atoms with Gasteiger partial charge in [0, 0.05) is 31.2 Å². The van der Waals surface area contributed by atoms with Crippen molar-refractivity contribution in [2.24, 2.45) is 7.05 Å². The van der Waals surface area contributed by atoms with Gasteiger partial charge in [0.2, 0.25) is 0 Å². The van der Waals surface area contributed by atoms with Crippen molar-refractivity contribution >= 4 is 11.7 Å². The van der Waals surface area contributed by atoms with Gasteiger partial charge in [-0.2, -0.15) is 0 Å². The second kappa shape index (κ2) is 8.47. The SMILES string of the molecule is COc1cc(OC)cc([C@H](NC(=O)Nc2ccc(C)cc2)c2nccn2C)c1. The summed E-state index contributed by atoms with van der Waals surface area (Å²) in [5.74, 6) is 1.96. The molecule has 0 bridgehead atoms. The standard InChI is InChI=1S/C21H24N4O3/c1-14-5-7-16(8-6-14)23-21(26)24-19(20-22-9-10-25(20)2)15-11-17(27-3)13-18(12-15)28-4/h5-13,19H,1-4H3,(H2,23,24,26)/t19-/m0/s1. The first-order chi connectivity index (χ1) is 13.5. The van der Waals surface area contributed by atoms with E-state index < -0.39 is 6.04 Å². The second-order valence-corrected chi connectivity index (χ2v) is 6.44. The third-order valence-corrected chi connectivity index (χ3v) is 4.41. The number of aromatic nitrogens is 2. The highest BCUT2D eigenvalue weighted by molar-refractivity contribution is 5.89. The van der Waals surface area contributed by atoms with Crippen LogP contribution in [0, 0.1) is 6.92 Å². The van der Waals surface area contributed by atoms with Gasteiger partial charge in [0.05, 0.1) is 14.2 Å². The summed E-state index contributed by atoms with van der Waals surface area (Å²) in [6.07, 6.45) is 3.53. The van der Waals surface area contributed by atoms with Crippen LogP contribution in [0.1, 0.15) is 23.0 Å². The lowest BCUT2D eigenvalue weighted by Crippen LogP contribution is -2.34. The van der Waals surface area contributed by atoms with Gasteiger partial charge in [-0.3, -0.25) is 0 Å². The number of carbonyl (C=O) groups excluding carboxylic acids is 1. The Bertz CT molecular complexity index is 928. The van der Waals surface area contributed by atoms with Crippen molar-refractivity contribution < 1.29 is 14.3 Å². The predicted molar refractivity (Wildman–Crippen MR) is 108 cm³/mol. The molecule has 7 nitrogen and oxygen atoms in total. The van der Waals surface area contributed by atoms with Crippen molar-refractivity contribution in [1.82, 2.24) is 14.9 Å². The second-order valence-electron chi connectivity index (χ2n) is 6.44. The summed E-state index contributed by atoms with van der Waals surface area (Å²) >= 11 is 0. The quantitative estimate of drug-likeness (QED) is 0.684. The van der Waals surface area contributed by atoms with Crippen LogP contribution in [-0.2, 0) is 7.05 Å². The molecule has 2 aromatic carbocycles. The summed E-state index contributed by atoms with van der Waals surface area (Å²) in [5.41, 5.74) is 2.63. The highest BCUT2D eigenvalue weighted by Gasteiger charge is 2.22. The van der Waals surface area contributed by atoms with Gasteiger partial charge >= 0.3 is 6.03 Å². The molecule has 0 saturated heterocycles. The number of amides is 2. The van der Waals surface area contributed by atoms with E-state index in [0.717, 1.165) is 11.1 Å². The topological polar surface area (TPSA) is 77.4 Å². The maximum atomic E-state index is 12.7. The summed E-state index contributed by atoms with van der Waals surface area (Å²) in [6, 6.07) is 12.3. The van der Waals surface area contributed by atoms with Crippen LogP contribution < -0.4 is 20.1 Å². The summed E-state index contributed by atoms with van der Waals surface area (Å²) in [4.78, 5) is 17.1. The van der Waals surface area contributed by atoms with Gasteiger partial charge in [-0.25, -0.2) is 9.78 Å². The summed E-state index contributed by atoms with van der Waals surface area (Å²) < 4.78 is 12.6. The van der Waals surface area contributed by atoms with Crippen molar-refractivity contribution in [3.8, 4) is 11.5 Å².